The molecule has 2 aromatic carbocycles. The van der Waals surface area contributed by atoms with Crippen LogP contribution in [0.3, 0.4) is 0 Å². The summed E-state index contributed by atoms with van der Waals surface area (Å²) in [5.74, 6) is 0.475. The maximum absolute atomic E-state index is 12.2. The number of rotatable bonds is 7. The lowest BCUT2D eigenvalue weighted by atomic mass is 10.3. The molecule has 30 heavy (non-hydrogen) atoms. The highest BCUT2D eigenvalue weighted by atomic mass is 32.2. The minimum absolute atomic E-state index is 0.0998. The van der Waals surface area contributed by atoms with E-state index in [0.717, 1.165) is 28.7 Å². The lowest BCUT2D eigenvalue weighted by Gasteiger charge is -2.16. The second kappa shape index (κ2) is 9.00. The van der Waals surface area contributed by atoms with Crippen molar-refractivity contribution in [2.75, 3.05) is 23.4 Å². The summed E-state index contributed by atoms with van der Waals surface area (Å²) in [4.78, 5) is 26.7. The Morgan fingerprint density at radius 2 is 1.93 bits per heavy atom. The molecule has 1 aliphatic rings. The zero-order chi connectivity index (χ0) is 20.9. The Morgan fingerprint density at radius 3 is 2.57 bits per heavy atom. The van der Waals surface area contributed by atoms with Crippen molar-refractivity contribution in [1.29, 1.82) is 0 Å². The standard InChI is InChI=1S/C21H21N5O3S/c1-25-14-22-24-21(25)30-18-10-4-15(5-11-18)23-19(27)13-29-17-8-6-16(7-9-17)26-12-2-3-20(26)28/h4-11,14H,2-3,12-13H2,1H3,(H,23,27). The second-order valence-electron chi connectivity index (χ2n) is 6.83. The van der Waals surface area contributed by atoms with E-state index < -0.39 is 0 Å². The van der Waals surface area contributed by atoms with E-state index in [4.69, 9.17) is 4.74 Å². The third kappa shape index (κ3) is 4.80. The number of carbonyl (C=O) groups excluding carboxylic acids is 2. The van der Waals surface area contributed by atoms with E-state index in [1.165, 1.54) is 11.8 Å². The average molecular weight is 423 g/mol. The first-order valence-electron chi connectivity index (χ1n) is 9.53. The molecule has 1 N–H and O–H groups in total. The monoisotopic (exact) mass is 423 g/mol. The predicted molar refractivity (Wildman–Crippen MR) is 114 cm³/mol. The fourth-order valence-electron chi connectivity index (χ4n) is 3.07. The summed E-state index contributed by atoms with van der Waals surface area (Å²) < 4.78 is 7.39. The molecule has 8 nitrogen and oxygen atoms in total. The number of amides is 2. The normalized spacial score (nSPS) is 13.5. The summed E-state index contributed by atoms with van der Waals surface area (Å²) in [6, 6.07) is 14.7. The highest BCUT2D eigenvalue weighted by molar-refractivity contribution is 7.99. The van der Waals surface area contributed by atoms with E-state index in [1.807, 2.05) is 48.0 Å². The van der Waals surface area contributed by atoms with Gasteiger partial charge < -0.3 is 19.5 Å². The smallest absolute Gasteiger partial charge is 0.262 e. The van der Waals surface area contributed by atoms with Crippen LogP contribution in [0.25, 0.3) is 0 Å². The second-order valence-corrected chi connectivity index (χ2v) is 7.87. The molecule has 1 saturated heterocycles. The van der Waals surface area contributed by atoms with Gasteiger partial charge in [0, 0.05) is 36.3 Å². The van der Waals surface area contributed by atoms with Gasteiger partial charge in [0.1, 0.15) is 12.1 Å². The Labute approximate surface area is 178 Å². The van der Waals surface area contributed by atoms with Crippen LogP contribution in [0.5, 0.6) is 5.75 Å². The van der Waals surface area contributed by atoms with Gasteiger partial charge in [0.25, 0.3) is 5.91 Å². The lowest BCUT2D eigenvalue weighted by molar-refractivity contribution is -0.118. The highest BCUT2D eigenvalue weighted by Gasteiger charge is 2.21. The summed E-state index contributed by atoms with van der Waals surface area (Å²) in [6.45, 7) is 0.648. The van der Waals surface area contributed by atoms with Gasteiger partial charge in [0.2, 0.25) is 5.91 Å². The van der Waals surface area contributed by atoms with E-state index in [2.05, 4.69) is 15.5 Å². The fraction of sp³-hybridized carbons (Fsp3) is 0.238. The van der Waals surface area contributed by atoms with Gasteiger partial charge >= 0.3 is 0 Å². The van der Waals surface area contributed by atoms with Crippen molar-refractivity contribution in [3.05, 3.63) is 54.9 Å². The van der Waals surface area contributed by atoms with Gasteiger partial charge in [-0.3, -0.25) is 9.59 Å². The molecule has 0 radical (unpaired) electrons. The van der Waals surface area contributed by atoms with Crippen LogP contribution in [0.2, 0.25) is 0 Å². The molecule has 4 rings (SSSR count). The predicted octanol–water partition coefficient (Wildman–Crippen LogP) is 3.11. The van der Waals surface area contributed by atoms with Crippen LogP contribution < -0.4 is 15.0 Å². The topological polar surface area (TPSA) is 89.3 Å². The van der Waals surface area contributed by atoms with Crippen LogP contribution in [0.1, 0.15) is 12.8 Å². The van der Waals surface area contributed by atoms with Gasteiger partial charge in [0.05, 0.1) is 0 Å². The van der Waals surface area contributed by atoms with Gasteiger partial charge in [-0.25, -0.2) is 0 Å². The Morgan fingerprint density at radius 1 is 1.17 bits per heavy atom. The number of benzene rings is 2. The first kappa shape index (κ1) is 20.0. The van der Waals surface area contributed by atoms with Crippen LogP contribution in [0.4, 0.5) is 11.4 Å². The molecule has 154 valence electrons. The minimum atomic E-state index is -0.248. The van der Waals surface area contributed by atoms with Crippen LogP contribution in [-0.2, 0) is 16.6 Å². The fourth-order valence-corrected chi connectivity index (χ4v) is 3.83. The lowest BCUT2D eigenvalue weighted by Crippen LogP contribution is -2.23. The summed E-state index contributed by atoms with van der Waals surface area (Å²) >= 11 is 1.49. The van der Waals surface area contributed by atoms with Crippen LogP contribution in [0, 0.1) is 0 Å². The van der Waals surface area contributed by atoms with E-state index in [0.29, 0.717) is 17.9 Å². The molecular weight excluding hydrogens is 402 g/mol. The average Bonchev–Trinajstić information content (AvgIpc) is 3.36. The number of hydrogen-bond acceptors (Lipinski definition) is 6. The molecule has 0 spiro atoms. The molecular formula is C21H21N5O3S. The molecule has 9 heteroatoms. The number of nitrogens with zero attached hydrogens (tertiary/aromatic N) is 4. The van der Waals surface area contributed by atoms with Gasteiger partial charge in [-0.15, -0.1) is 10.2 Å². The summed E-state index contributed by atoms with van der Waals surface area (Å²) in [6.07, 6.45) is 3.13. The van der Waals surface area contributed by atoms with Gasteiger partial charge in [-0.05, 0) is 66.7 Å². The maximum Gasteiger partial charge on any atom is 0.262 e. The molecule has 0 unspecified atom stereocenters. The van der Waals surface area contributed by atoms with Crippen LogP contribution in [-0.4, -0.2) is 39.7 Å². The summed E-state index contributed by atoms with van der Waals surface area (Å²) in [5, 5.41) is 11.5. The number of carbonyl (C=O) groups is 2. The van der Waals surface area contributed by atoms with Crippen LogP contribution in [0.15, 0.2) is 64.9 Å². The molecule has 0 aliphatic carbocycles. The van der Waals surface area contributed by atoms with E-state index in [-0.39, 0.29) is 18.4 Å². The summed E-state index contributed by atoms with van der Waals surface area (Å²) in [5.41, 5.74) is 1.54. The number of anilines is 2. The molecule has 0 atom stereocenters. The largest absolute Gasteiger partial charge is 0.484 e. The van der Waals surface area contributed by atoms with Crippen molar-refractivity contribution >= 4 is 35.0 Å². The SMILES string of the molecule is Cn1cnnc1Sc1ccc(NC(=O)COc2ccc(N3CCCC3=O)cc2)cc1. The van der Waals surface area contributed by atoms with Crippen molar-refractivity contribution in [2.24, 2.45) is 7.05 Å². The number of aryl methyl sites for hydroxylation is 1. The Bertz CT molecular complexity index is 1030. The Balaban J connectivity index is 1.26. The molecule has 2 heterocycles. The molecule has 3 aromatic rings. The van der Waals surface area contributed by atoms with Gasteiger partial charge in [-0.1, -0.05) is 0 Å². The zero-order valence-electron chi connectivity index (χ0n) is 16.4. The molecule has 0 saturated carbocycles. The first-order chi connectivity index (χ1) is 14.6. The van der Waals surface area contributed by atoms with Gasteiger partial charge in [-0.2, -0.15) is 0 Å². The quantitative estimate of drug-likeness (QED) is 0.628. The highest BCUT2D eigenvalue weighted by Crippen LogP contribution is 2.26. The molecule has 1 aliphatic heterocycles. The first-order valence-corrected chi connectivity index (χ1v) is 10.3. The molecule has 0 bridgehead atoms. The van der Waals surface area contributed by atoms with Crippen molar-refractivity contribution in [3.8, 4) is 5.75 Å². The zero-order valence-corrected chi connectivity index (χ0v) is 17.3. The maximum atomic E-state index is 12.2. The third-order valence-electron chi connectivity index (χ3n) is 4.61. The van der Waals surface area contributed by atoms with E-state index in [9.17, 15) is 9.59 Å². The number of nitrogens with one attached hydrogen (secondary N) is 1. The Kier molecular flexibility index (Phi) is 5.99. The van der Waals surface area contributed by atoms with Crippen molar-refractivity contribution in [3.63, 3.8) is 0 Å². The number of aromatic nitrogens is 3. The number of hydrogen-bond donors (Lipinski definition) is 1. The third-order valence-corrected chi connectivity index (χ3v) is 5.67. The number of ether oxygens (including phenoxy) is 1. The van der Waals surface area contributed by atoms with Gasteiger partial charge in [0.15, 0.2) is 11.8 Å². The van der Waals surface area contributed by atoms with Crippen molar-refractivity contribution in [1.82, 2.24) is 14.8 Å². The van der Waals surface area contributed by atoms with E-state index in [1.54, 1.807) is 23.4 Å². The molecule has 2 amide bonds. The van der Waals surface area contributed by atoms with Crippen molar-refractivity contribution < 1.29 is 14.3 Å². The molecule has 1 aromatic heterocycles. The van der Waals surface area contributed by atoms with Crippen LogP contribution >= 0.6 is 11.8 Å². The minimum Gasteiger partial charge on any atom is -0.484 e. The Hall–Kier alpha value is -3.33. The van der Waals surface area contributed by atoms with E-state index >= 15 is 0 Å². The van der Waals surface area contributed by atoms with Crippen molar-refractivity contribution in [2.45, 2.75) is 22.9 Å². The summed E-state index contributed by atoms with van der Waals surface area (Å²) in [7, 11) is 1.89. The molecule has 1 fully saturated rings.